The molecule has 1 fully saturated rings. The Bertz CT molecular complexity index is 1550. The Morgan fingerprint density at radius 2 is 1.62 bits per heavy atom. The summed E-state index contributed by atoms with van der Waals surface area (Å²) in [6.07, 6.45) is -0.789. The van der Waals surface area contributed by atoms with Crippen LogP contribution in [0.2, 0.25) is 0 Å². The van der Waals surface area contributed by atoms with E-state index < -0.39 is 6.10 Å². The van der Waals surface area contributed by atoms with E-state index >= 15 is 0 Å². The van der Waals surface area contributed by atoms with Gasteiger partial charge in [0, 0.05) is 42.4 Å². The van der Waals surface area contributed by atoms with Crippen LogP contribution in [0.5, 0.6) is 17.2 Å². The highest BCUT2D eigenvalue weighted by Gasteiger charge is 2.36. The minimum absolute atomic E-state index is 0.0190. The molecule has 4 atom stereocenters. The van der Waals surface area contributed by atoms with Crippen molar-refractivity contribution in [2.24, 2.45) is 0 Å². The number of halogens is 1. The molecule has 0 unspecified atom stereocenters. The average molecular weight is 650 g/mol. The van der Waals surface area contributed by atoms with Crippen LogP contribution in [0.15, 0.2) is 78.9 Å². The lowest BCUT2D eigenvalue weighted by Gasteiger charge is -2.39. The molecule has 1 aliphatic rings. The number of aliphatic hydroxyl groups excluding tert-OH is 2. The second-order valence-electron chi connectivity index (χ2n) is 11.5. The van der Waals surface area contributed by atoms with Gasteiger partial charge in [0.1, 0.15) is 29.2 Å². The Morgan fingerprint density at radius 1 is 0.851 bits per heavy atom. The second kappa shape index (κ2) is 17.4. The molecule has 1 saturated heterocycles. The quantitative estimate of drug-likeness (QED) is 0.136. The van der Waals surface area contributed by atoms with E-state index in [9.17, 15) is 14.6 Å². The number of nitrogens with one attached hydrogen (secondary N) is 1. The minimum Gasteiger partial charge on any atom is -0.496 e. The lowest BCUT2D eigenvalue weighted by atomic mass is 9.85. The van der Waals surface area contributed by atoms with E-state index in [0.29, 0.717) is 51.7 Å². The van der Waals surface area contributed by atoms with Crippen LogP contribution >= 0.6 is 0 Å². The summed E-state index contributed by atoms with van der Waals surface area (Å²) in [4.78, 5) is 0. The largest absolute Gasteiger partial charge is 0.496 e. The van der Waals surface area contributed by atoms with E-state index in [-0.39, 0.29) is 37.2 Å². The summed E-state index contributed by atoms with van der Waals surface area (Å²) < 4.78 is 48.7. The van der Waals surface area contributed by atoms with Gasteiger partial charge in [-0.05, 0) is 46.8 Å². The molecule has 10 heteroatoms. The number of piperidine rings is 1. The molecular weight excluding hydrogens is 605 g/mol. The maximum absolute atomic E-state index is 13.4. The molecule has 9 nitrogen and oxygen atoms in total. The van der Waals surface area contributed by atoms with Crippen LogP contribution in [-0.2, 0) is 27.4 Å². The van der Waals surface area contributed by atoms with Gasteiger partial charge in [0.2, 0.25) is 0 Å². The Kier molecular flexibility index (Phi) is 12.8. The first-order valence-corrected chi connectivity index (χ1v) is 15.9. The van der Waals surface area contributed by atoms with Crippen molar-refractivity contribution in [1.29, 1.82) is 0 Å². The summed E-state index contributed by atoms with van der Waals surface area (Å²) >= 11 is 0. The molecule has 0 amide bonds. The van der Waals surface area contributed by atoms with E-state index in [1.807, 2.05) is 48.5 Å². The summed E-state index contributed by atoms with van der Waals surface area (Å²) in [6, 6.07) is 24.5. The monoisotopic (exact) mass is 649 g/mol. The van der Waals surface area contributed by atoms with Gasteiger partial charge >= 0.3 is 0 Å². The van der Waals surface area contributed by atoms with Gasteiger partial charge in [-0.15, -0.1) is 0 Å². The van der Waals surface area contributed by atoms with Crippen LogP contribution in [0.4, 0.5) is 4.39 Å². The van der Waals surface area contributed by atoms with Crippen molar-refractivity contribution in [2.75, 3.05) is 53.7 Å². The Morgan fingerprint density at radius 3 is 2.38 bits per heavy atom. The highest BCUT2D eigenvalue weighted by atomic mass is 19.1. The molecule has 0 aromatic heterocycles. The molecule has 0 radical (unpaired) electrons. The fourth-order valence-electron chi connectivity index (χ4n) is 5.85. The van der Waals surface area contributed by atoms with Gasteiger partial charge in [0.05, 0.1) is 66.1 Å². The summed E-state index contributed by atoms with van der Waals surface area (Å²) in [5.41, 5.74) is 2.82. The van der Waals surface area contributed by atoms with Crippen LogP contribution in [0.3, 0.4) is 0 Å². The Hall–Kier alpha value is -3.77. The van der Waals surface area contributed by atoms with Crippen molar-refractivity contribution in [3.63, 3.8) is 0 Å². The summed E-state index contributed by atoms with van der Waals surface area (Å²) in [7, 11) is 3.18. The fraction of sp³-hybridized carbons (Fsp3) is 0.405. The van der Waals surface area contributed by atoms with Crippen molar-refractivity contribution in [3.8, 4) is 17.2 Å². The summed E-state index contributed by atoms with van der Waals surface area (Å²) in [5.74, 6) is 1.52. The van der Waals surface area contributed by atoms with E-state index in [1.54, 1.807) is 13.2 Å². The number of hydrogen-bond acceptors (Lipinski definition) is 9. The number of benzene rings is 4. The van der Waals surface area contributed by atoms with Gasteiger partial charge in [-0.2, -0.15) is 0 Å². The maximum Gasteiger partial charge on any atom is 0.127 e. The molecule has 3 N–H and O–H groups in total. The molecule has 0 bridgehead atoms. The standard InChI is InChI=1S/C37H44FNO8/c1-42-33-18-29(38)11-8-28(33)23-44-14-5-15-45-31-12-9-26(10-13-31)37-35(19-39-20-36(37)47-24-30(41)21-40)46-22-25-16-27-6-3-4-7-32(27)34(17-25)43-2/h3-4,6-13,16-18,30,35-37,39-41H,5,14-15,19-24H2,1-2H3/t30-,35+,36-,37-/m1/s1. The molecule has 1 heterocycles. The SMILES string of the molecule is COc1cc(F)ccc1COCCCOc1ccc([C@@H]2[C@@H](OCc3cc(OC)c4ccccc4c3)CNC[C@H]2OC[C@H](O)CO)cc1. The number of rotatable bonds is 17. The number of hydrogen-bond donors (Lipinski definition) is 3. The zero-order valence-electron chi connectivity index (χ0n) is 26.9. The van der Waals surface area contributed by atoms with Crippen molar-refractivity contribution < 1.29 is 43.0 Å². The topological polar surface area (TPSA) is 108 Å². The molecular formula is C37H44FNO8. The molecule has 0 aliphatic carbocycles. The van der Waals surface area contributed by atoms with Crippen molar-refractivity contribution >= 4 is 10.8 Å². The lowest BCUT2D eigenvalue weighted by molar-refractivity contribution is -0.0833. The molecule has 47 heavy (non-hydrogen) atoms. The third kappa shape index (κ3) is 9.41. The fourth-order valence-corrected chi connectivity index (χ4v) is 5.85. The summed E-state index contributed by atoms with van der Waals surface area (Å²) in [6.45, 7) is 2.51. The van der Waals surface area contributed by atoms with Crippen molar-refractivity contribution in [3.05, 3.63) is 101 Å². The van der Waals surface area contributed by atoms with E-state index in [0.717, 1.165) is 39.0 Å². The van der Waals surface area contributed by atoms with Crippen LogP contribution in [0.25, 0.3) is 10.8 Å². The zero-order valence-corrected chi connectivity index (χ0v) is 26.9. The highest BCUT2D eigenvalue weighted by molar-refractivity contribution is 5.89. The highest BCUT2D eigenvalue weighted by Crippen LogP contribution is 2.33. The maximum atomic E-state index is 13.4. The van der Waals surface area contributed by atoms with Gasteiger partial charge in [-0.1, -0.05) is 42.5 Å². The van der Waals surface area contributed by atoms with E-state index in [1.165, 1.54) is 19.2 Å². The first-order chi connectivity index (χ1) is 23.0. The molecule has 0 saturated carbocycles. The molecule has 4 aromatic rings. The molecule has 1 aliphatic heterocycles. The average Bonchev–Trinajstić information content (AvgIpc) is 3.11. The predicted molar refractivity (Wildman–Crippen MR) is 177 cm³/mol. The lowest BCUT2D eigenvalue weighted by Crippen LogP contribution is -2.51. The summed E-state index contributed by atoms with van der Waals surface area (Å²) in [5, 5.41) is 24.9. The van der Waals surface area contributed by atoms with Crippen LogP contribution < -0.4 is 19.5 Å². The number of aliphatic hydroxyl groups is 2. The minimum atomic E-state index is -0.959. The van der Waals surface area contributed by atoms with Crippen LogP contribution in [0.1, 0.15) is 29.0 Å². The van der Waals surface area contributed by atoms with Gasteiger partial charge < -0.3 is 44.0 Å². The molecule has 4 aromatic carbocycles. The molecule has 5 rings (SSSR count). The second-order valence-corrected chi connectivity index (χ2v) is 11.5. The van der Waals surface area contributed by atoms with Crippen molar-refractivity contribution in [2.45, 2.75) is 43.9 Å². The van der Waals surface area contributed by atoms with Crippen LogP contribution in [0, 0.1) is 5.82 Å². The van der Waals surface area contributed by atoms with E-state index in [4.69, 9.17) is 28.4 Å². The third-order valence-electron chi connectivity index (χ3n) is 8.25. The molecule has 252 valence electrons. The first-order valence-electron chi connectivity index (χ1n) is 15.9. The first kappa shape index (κ1) is 34.6. The molecule has 0 spiro atoms. The third-order valence-corrected chi connectivity index (χ3v) is 8.25. The van der Waals surface area contributed by atoms with Gasteiger partial charge in [-0.25, -0.2) is 4.39 Å². The van der Waals surface area contributed by atoms with E-state index in [2.05, 4.69) is 17.4 Å². The van der Waals surface area contributed by atoms with Gasteiger partial charge in [0.15, 0.2) is 0 Å². The van der Waals surface area contributed by atoms with Gasteiger partial charge in [-0.3, -0.25) is 0 Å². The Labute approximate surface area is 275 Å². The van der Waals surface area contributed by atoms with Crippen LogP contribution in [-0.4, -0.2) is 82.3 Å². The van der Waals surface area contributed by atoms with Crippen molar-refractivity contribution in [1.82, 2.24) is 5.32 Å². The predicted octanol–water partition coefficient (Wildman–Crippen LogP) is 4.99. The zero-order chi connectivity index (χ0) is 33.0. The van der Waals surface area contributed by atoms with Gasteiger partial charge in [0.25, 0.3) is 0 Å². The number of fused-ring (bicyclic) bond motifs is 1. The Balaban J connectivity index is 1.20. The number of methoxy groups -OCH3 is 2. The number of ether oxygens (including phenoxy) is 6. The smallest absolute Gasteiger partial charge is 0.127 e. The normalized spacial score (nSPS) is 18.6.